The Bertz CT molecular complexity index is 759. The first-order valence-electron chi connectivity index (χ1n) is 12.2. The average Bonchev–Trinajstić information content (AvgIpc) is 3.30. The van der Waals surface area contributed by atoms with Crippen LogP contribution in [0.4, 0.5) is 0 Å². The minimum absolute atomic E-state index is 0.0129. The number of carbonyl (C=O) groups is 2. The van der Waals surface area contributed by atoms with Gasteiger partial charge in [-0.05, 0) is 75.9 Å². The van der Waals surface area contributed by atoms with Crippen LogP contribution in [0.1, 0.15) is 44.9 Å². The number of amides is 2. The topological polar surface area (TPSA) is 62.3 Å². The summed E-state index contributed by atoms with van der Waals surface area (Å²) < 4.78 is 10.9. The van der Waals surface area contributed by atoms with Crippen LogP contribution in [0.2, 0.25) is 0 Å². The lowest BCUT2D eigenvalue weighted by molar-refractivity contribution is -0.145. The van der Waals surface area contributed by atoms with Crippen LogP contribution in [-0.2, 0) is 9.59 Å². The lowest BCUT2D eigenvalue weighted by Crippen LogP contribution is -2.55. The summed E-state index contributed by atoms with van der Waals surface area (Å²) in [5, 5.41) is 0. The second kappa shape index (κ2) is 11.0. The van der Waals surface area contributed by atoms with Crippen LogP contribution in [0.3, 0.4) is 0 Å². The summed E-state index contributed by atoms with van der Waals surface area (Å²) in [5.41, 5.74) is 0. The molecule has 1 aromatic carbocycles. The Morgan fingerprint density at radius 2 is 1.69 bits per heavy atom. The Balaban J connectivity index is 1.33. The summed E-state index contributed by atoms with van der Waals surface area (Å²) >= 11 is 0. The zero-order chi connectivity index (χ0) is 22.3. The number of carbonyl (C=O) groups excluding carboxylic acids is 2. The van der Waals surface area contributed by atoms with Gasteiger partial charge in [0.25, 0.3) is 5.91 Å². The van der Waals surface area contributed by atoms with Crippen LogP contribution >= 0.6 is 0 Å². The van der Waals surface area contributed by atoms with Gasteiger partial charge < -0.3 is 24.2 Å². The van der Waals surface area contributed by atoms with Crippen molar-refractivity contribution >= 4 is 11.8 Å². The highest BCUT2D eigenvalue weighted by Gasteiger charge is 2.36. The highest BCUT2D eigenvalue weighted by molar-refractivity contribution is 5.80. The molecule has 3 fully saturated rings. The highest BCUT2D eigenvalue weighted by Crippen LogP contribution is 2.30. The van der Waals surface area contributed by atoms with Crippen LogP contribution in [-0.4, -0.2) is 85.5 Å². The molecular weight excluding hydrogens is 406 g/mol. The quantitative estimate of drug-likeness (QED) is 0.587. The summed E-state index contributed by atoms with van der Waals surface area (Å²) in [6, 6.07) is 7.37. The third kappa shape index (κ3) is 5.74. The molecule has 4 rings (SSSR count). The lowest BCUT2D eigenvalue weighted by atomic mass is 9.83. The predicted molar refractivity (Wildman–Crippen MR) is 123 cm³/mol. The van der Waals surface area contributed by atoms with Crippen molar-refractivity contribution in [3.8, 4) is 11.5 Å². The Hall–Kier alpha value is -2.28. The van der Waals surface area contributed by atoms with Crippen LogP contribution in [0.15, 0.2) is 24.3 Å². The van der Waals surface area contributed by atoms with Gasteiger partial charge in [0.2, 0.25) is 5.91 Å². The van der Waals surface area contributed by atoms with Crippen LogP contribution in [0, 0.1) is 5.92 Å². The van der Waals surface area contributed by atoms with Gasteiger partial charge in [0.15, 0.2) is 6.61 Å². The number of benzene rings is 1. The van der Waals surface area contributed by atoms with E-state index < -0.39 is 0 Å². The molecule has 7 heteroatoms. The van der Waals surface area contributed by atoms with Crippen molar-refractivity contribution < 1.29 is 19.1 Å². The molecule has 0 N–H and O–H groups in total. The van der Waals surface area contributed by atoms with Gasteiger partial charge >= 0.3 is 0 Å². The molecule has 1 aliphatic carbocycles. The normalized spacial score (nSPS) is 21.8. The molecule has 0 radical (unpaired) electrons. The summed E-state index contributed by atoms with van der Waals surface area (Å²) in [4.78, 5) is 32.6. The predicted octanol–water partition coefficient (Wildman–Crippen LogP) is 2.79. The smallest absolute Gasteiger partial charge is 0.260 e. The van der Waals surface area contributed by atoms with Gasteiger partial charge in [0.05, 0.1) is 7.11 Å². The SMILES string of the molecule is COc1ccc(OCC(=O)N2CCCC(N(CCN3CCCC3)C(=O)C3CCC3)C2)cc1. The van der Waals surface area contributed by atoms with E-state index in [4.69, 9.17) is 9.47 Å². The third-order valence-electron chi connectivity index (χ3n) is 7.21. The summed E-state index contributed by atoms with van der Waals surface area (Å²) in [7, 11) is 1.62. The fourth-order valence-electron chi connectivity index (χ4n) is 4.96. The maximum atomic E-state index is 13.2. The molecule has 2 saturated heterocycles. The Labute approximate surface area is 191 Å². The monoisotopic (exact) mass is 443 g/mol. The minimum Gasteiger partial charge on any atom is -0.497 e. The molecule has 7 nitrogen and oxygen atoms in total. The van der Waals surface area contributed by atoms with Gasteiger partial charge in [-0.25, -0.2) is 0 Å². The van der Waals surface area contributed by atoms with E-state index in [9.17, 15) is 9.59 Å². The molecule has 0 aromatic heterocycles. The second-order valence-electron chi connectivity index (χ2n) is 9.31. The molecule has 32 heavy (non-hydrogen) atoms. The number of hydrogen-bond donors (Lipinski definition) is 0. The first kappa shape index (κ1) is 22.9. The van der Waals surface area contributed by atoms with Gasteiger partial charge in [-0.2, -0.15) is 0 Å². The van der Waals surface area contributed by atoms with E-state index >= 15 is 0 Å². The van der Waals surface area contributed by atoms with E-state index in [2.05, 4.69) is 9.80 Å². The van der Waals surface area contributed by atoms with Crippen molar-refractivity contribution in [1.29, 1.82) is 0 Å². The molecule has 0 spiro atoms. The Morgan fingerprint density at radius 3 is 2.34 bits per heavy atom. The standard InChI is InChI=1S/C25H37N3O4/c1-31-22-9-11-23(12-10-22)32-19-24(29)27-15-5-8-21(18-27)28(25(30)20-6-4-7-20)17-16-26-13-2-3-14-26/h9-12,20-21H,2-8,13-19H2,1H3. The fraction of sp³-hybridized carbons (Fsp3) is 0.680. The van der Waals surface area contributed by atoms with Crippen molar-refractivity contribution in [3.63, 3.8) is 0 Å². The van der Waals surface area contributed by atoms with E-state index in [1.807, 2.05) is 29.2 Å². The largest absolute Gasteiger partial charge is 0.497 e. The van der Waals surface area contributed by atoms with Gasteiger partial charge in [-0.15, -0.1) is 0 Å². The third-order valence-corrected chi connectivity index (χ3v) is 7.21. The van der Waals surface area contributed by atoms with Crippen LogP contribution in [0.25, 0.3) is 0 Å². The maximum absolute atomic E-state index is 13.2. The molecule has 0 bridgehead atoms. The number of ether oxygens (including phenoxy) is 2. The maximum Gasteiger partial charge on any atom is 0.260 e. The molecular formula is C25H37N3O4. The van der Waals surface area contributed by atoms with Crippen LogP contribution in [0.5, 0.6) is 11.5 Å². The summed E-state index contributed by atoms with van der Waals surface area (Å²) in [5.74, 6) is 1.90. The van der Waals surface area contributed by atoms with E-state index in [0.717, 1.165) is 70.6 Å². The number of nitrogens with zero attached hydrogens (tertiary/aromatic N) is 3. The second-order valence-corrected chi connectivity index (χ2v) is 9.31. The molecule has 2 aliphatic heterocycles. The van der Waals surface area contributed by atoms with E-state index in [1.54, 1.807) is 7.11 Å². The molecule has 2 amide bonds. The highest BCUT2D eigenvalue weighted by atomic mass is 16.5. The molecule has 3 aliphatic rings. The van der Waals surface area contributed by atoms with E-state index in [1.165, 1.54) is 12.8 Å². The van der Waals surface area contributed by atoms with Crippen molar-refractivity contribution in [2.24, 2.45) is 5.92 Å². The van der Waals surface area contributed by atoms with Gasteiger partial charge in [-0.3, -0.25) is 9.59 Å². The first-order chi connectivity index (χ1) is 15.6. The molecule has 1 unspecified atom stereocenters. The summed E-state index contributed by atoms with van der Waals surface area (Å²) in [6.07, 6.45) is 7.62. The van der Waals surface area contributed by atoms with Gasteiger partial charge in [0, 0.05) is 38.1 Å². The van der Waals surface area contributed by atoms with Crippen molar-refractivity contribution in [2.45, 2.75) is 51.0 Å². The molecule has 1 saturated carbocycles. The van der Waals surface area contributed by atoms with Gasteiger partial charge in [-0.1, -0.05) is 6.42 Å². The van der Waals surface area contributed by atoms with Crippen molar-refractivity contribution in [1.82, 2.24) is 14.7 Å². The van der Waals surface area contributed by atoms with Crippen molar-refractivity contribution in [2.75, 3.05) is 53.0 Å². The number of hydrogen-bond acceptors (Lipinski definition) is 5. The Kier molecular flexibility index (Phi) is 7.90. The number of methoxy groups -OCH3 is 1. The van der Waals surface area contributed by atoms with E-state index in [-0.39, 0.29) is 24.5 Å². The first-order valence-corrected chi connectivity index (χ1v) is 12.2. The number of likely N-dealkylation sites (tertiary alicyclic amines) is 2. The van der Waals surface area contributed by atoms with Crippen LogP contribution < -0.4 is 9.47 Å². The molecule has 1 aromatic rings. The number of piperidine rings is 1. The number of rotatable bonds is 9. The fourth-order valence-corrected chi connectivity index (χ4v) is 4.96. The lowest BCUT2D eigenvalue weighted by Gasteiger charge is -2.42. The molecule has 1 atom stereocenters. The minimum atomic E-state index is -0.0129. The summed E-state index contributed by atoms with van der Waals surface area (Å²) in [6.45, 7) is 5.38. The molecule has 2 heterocycles. The van der Waals surface area contributed by atoms with E-state index in [0.29, 0.717) is 18.2 Å². The van der Waals surface area contributed by atoms with Gasteiger partial charge in [0.1, 0.15) is 11.5 Å². The Morgan fingerprint density at radius 1 is 0.969 bits per heavy atom. The van der Waals surface area contributed by atoms with Crippen molar-refractivity contribution in [3.05, 3.63) is 24.3 Å². The zero-order valence-corrected chi connectivity index (χ0v) is 19.3. The molecule has 176 valence electrons. The zero-order valence-electron chi connectivity index (χ0n) is 19.3. The average molecular weight is 444 g/mol.